The van der Waals surface area contributed by atoms with Gasteiger partial charge in [0, 0.05) is 11.2 Å². The Morgan fingerprint density at radius 1 is 1.08 bits per heavy atom. The smallest absolute Gasteiger partial charge is 0.0286 e. The van der Waals surface area contributed by atoms with E-state index in [9.17, 15) is 0 Å². The van der Waals surface area contributed by atoms with Crippen LogP contribution in [0, 0.1) is 5.41 Å². The lowest BCUT2D eigenvalue weighted by atomic mass is 9.90. The molecule has 0 amide bonds. The molecule has 72 valence electrons. The van der Waals surface area contributed by atoms with Gasteiger partial charge in [0.2, 0.25) is 0 Å². The number of hydrogen-bond acceptors (Lipinski definition) is 1. The van der Waals surface area contributed by atoms with E-state index in [2.05, 4.69) is 53.4 Å². The number of nitrogens with one attached hydrogen (secondary N) is 1. The third-order valence-corrected chi connectivity index (χ3v) is 1.30. The molecule has 0 aromatic carbocycles. The first kappa shape index (κ1) is 11.5. The Kier molecular flexibility index (Phi) is 3.37. The topological polar surface area (TPSA) is 12.0 Å². The van der Waals surface area contributed by atoms with Gasteiger partial charge in [-0.15, -0.1) is 0 Å². The summed E-state index contributed by atoms with van der Waals surface area (Å²) in [5.41, 5.74) is 1.60. The van der Waals surface area contributed by atoms with E-state index >= 15 is 0 Å². The van der Waals surface area contributed by atoms with E-state index in [0.717, 1.165) is 12.1 Å². The second-order valence-electron chi connectivity index (χ2n) is 5.72. The van der Waals surface area contributed by atoms with Gasteiger partial charge < -0.3 is 5.32 Å². The van der Waals surface area contributed by atoms with Gasteiger partial charge in [0.1, 0.15) is 0 Å². The lowest BCUT2D eigenvalue weighted by Crippen LogP contribution is -2.35. The van der Waals surface area contributed by atoms with E-state index in [1.54, 1.807) is 0 Å². The summed E-state index contributed by atoms with van der Waals surface area (Å²) < 4.78 is 0. The molecule has 0 heterocycles. The van der Waals surface area contributed by atoms with Gasteiger partial charge in [0.15, 0.2) is 0 Å². The molecule has 1 N–H and O–H groups in total. The second-order valence-corrected chi connectivity index (χ2v) is 5.72. The minimum Gasteiger partial charge on any atom is -0.384 e. The molecule has 0 bridgehead atoms. The van der Waals surface area contributed by atoms with E-state index in [4.69, 9.17) is 0 Å². The van der Waals surface area contributed by atoms with Gasteiger partial charge in [0.25, 0.3) is 0 Å². The van der Waals surface area contributed by atoms with Crippen molar-refractivity contribution in [1.82, 2.24) is 5.32 Å². The monoisotopic (exact) mass is 169 g/mol. The summed E-state index contributed by atoms with van der Waals surface area (Å²) in [5, 5.41) is 3.38. The predicted molar refractivity (Wildman–Crippen MR) is 56.1 cm³/mol. The molecular weight excluding hydrogens is 146 g/mol. The highest BCUT2D eigenvalue weighted by atomic mass is 15.0. The number of hydrogen-bond donors (Lipinski definition) is 1. The fourth-order valence-corrected chi connectivity index (χ4v) is 1.21. The first-order valence-corrected chi connectivity index (χ1v) is 4.56. The average Bonchev–Trinajstić information content (AvgIpc) is 1.49. The summed E-state index contributed by atoms with van der Waals surface area (Å²) in [6.07, 6.45) is 1.03. The van der Waals surface area contributed by atoms with Gasteiger partial charge in [-0.3, -0.25) is 0 Å². The highest BCUT2D eigenvalue weighted by molar-refractivity contribution is 4.98. The van der Waals surface area contributed by atoms with Gasteiger partial charge in [-0.25, -0.2) is 0 Å². The van der Waals surface area contributed by atoms with Crippen LogP contribution in [0.4, 0.5) is 0 Å². The van der Waals surface area contributed by atoms with E-state index in [-0.39, 0.29) is 5.54 Å². The van der Waals surface area contributed by atoms with Crippen LogP contribution in [0.1, 0.15) is 48.0 Å². The van der Waals surface area contributed by atoms with Gasteiger partial charge in [-0.05, 0) is 32.6 Å². The van der Waals surface area contributed by atoms with Gasteiger partial charge in [-0.2, -0.15) is 0 Å². The molecule has 0 rings (SSSR count). The lowest BCUT2D eigenvalue weighted by molar-refractivity contribution is 0.373. The summed E-state index contributed by atoms with van der Waals surface area (Å²) >= 11 is 0. The van der Waals surface area contributed by atoms with Gasteiger partial charge in [-0.1, -0.05) is 27.4 Å². The first-order valence-electron chi connectivity index (χ1n) is 4.56. The fraction of sp³-hybridized carbons (Fsp3) is 0.818. The van der Waals surface area contributed by atoms with Gasteiger partial charge in [0.05, 0.1) is 0 Å². The molecule has 0 aromatic rings. The zero-order chi connectivity index (χ0) is 9.99. The summed E-state index contributed by atoms with van der Waals surface area (Å²) in [5.74, 6) is 0. The summed E-state index contributed by atoms with van der Waals surface area (Å²) in [6.45, 7) is 17.1. The van der Waals surface area contributed by atoms with Crippen molar-refractivity contribution in [3.8, 4) is 0 Å². The molecule has 0 aromatic heterocycles. The Morgan fingerprint density at radius 2 is 1.50 bits per heavy atom. The largest absolute Gasteiger partial charge is 0.384 e. The Labute approximate surface area is 77.2 Å². The quantitative estimate of drug-likeness (QED) is 0.668. The minimum absolute atomic E-state index is 0.141. The van der Waals surface area contributed by atoms with Gasteiger partial charge >= 0.3 is 0 Å². The summed E-state index contributed by atoms with van der Waals surface area (Å²) in [7, 11) is 0. The molecule has 0 unspecified atom stereocenters. The molecule has 0 saturated heterocycles. The molecule has 0 saturated carbocycles. The number of allylic oxidation sites excluding steroid dienone is 1. The van der Waals surface area contributed by atoms with Crippen LogP contribution in [0.5, 0.6) is 0 Å². The molecule has 0 aliphatic rings. The highest BCUT2D eigenvalue weighted by Crippen LogP contribution is 2.22. The van der Waals surface area contributed by atoms with Crippen molar-refractivity contribution >= 4 is 0 Å². The highest BCUT2D eigenvalue weighted by Gasteiger charge is 2.15. The molecule has 1 heteroatoms. The van der Waals surface area contributed by atoms with Crippen molar-refractivity contribution in [3.63, 3.8) is 0 Å². The first-order chi connectivity index (χ1) is 5.10. The van der Waals surface area contributed by atoms with Crippen LogP contribution in [0.15, 0.2) is 12.3 Å². The third-order valence-electron chi connectivity index (χ3n) is 1.30. The Bertz CT molecular complexity index is 137. The van der Waals surface area contributed by atoms with Crippen LogP contribution in [-0.2, 0) is 0 Å². The molecule has 0 aliphatic carbocycles. The third kappa shape index (κ3) is 7.64. The lowest BCUT2D eigenvalue weighted by Gasteiger charge is -2.27. The summed E-state index contributed by atoms with van der Waals surface area (Å²) in [4.78, 5) is 0. The average molecular weight is 169 g/mol. The van der Waals surface area contributed by atoms with E-state index in [0.29, 0.717) is 5.41 Å². The van der Waals surface area contributed by atoms with Crippen molar-refractivity contribution in [1.29, 1.82) is 0 Å². The van der Waals surface area contributed by atoms with Crippen LogP contribution < -0.4 is 5.32 Å². The molecule has 0 spiro atoms. The Balaban J connectivity index is 3.92. The Hall–Kier alpha value is -0.460. The zero-order valence-electron chi connectivity index (χ0n) is 9.41. The van der Waals surface area contributed by atoms with Crippen LogP contribution in [0.25, 0.3) is 0 Å². The van der Waals surface area contributed by atoms with Crippen LogP contribution in [0.3, 0.4) is 0 Å². The SMILES string of the molecule is C=C(CC(C)(C)C)NC(C)(C)C. The van der Waals surface area contributed by atoms with Crippen LogP contribution >= 0.6 is 0 Å². The standard InChI is InChI=1S/C11H23N/c1-9(8-10(2,3)4)12-11(5,6)7/h12H,1,8H2,2-7H3. The summed E-state index contributed by atoms with van der Waals surface area (Å²) in [6, 6.07) is 0. The maximum atomic E-state index is 4.01. The second kappa shape index (κ2) is 3.51. The van der Waals surface area contributed by atoms with E-state index in [1.165, 1.54) is 0 Å². The maximum absolute atomic E-state index is 4.01. The molecule has 0 radical (unpaired) electrons. The maximum Gasteiger partial charge on any atom is 0.0286 e. The van der Waals surface area contributed by atoms with E-state index in [1.807, 2.05) is 0 Å². The van der Waals surface area contributed by atoms with Crippen molar-refractivity contribution in [2.75, 3.05) is 0 Å². The van der Waals surface area contributed by atoms with Crippen molar-refractivity contribution in [2.45, 2.75) is 53.5 Å². The predicted octanol–water partition coefficient (Wildman–Crippen LogP) is 3.32. The molecule has 0 aliphatic heterocycles. The van der Waals surface area contributed by atoms with Crippen molar-refractivity contribution in [2.24, 2.45) is 5.41 Å². The Morgan fingerprint density at radius 3 is 1.75 bits per heavy atom. The van der Waals surface area contributed by atoms with Crippen molar-refractivity contribution < 1.29 is 0 Å². The molecular formula is C11H23N. The zero-order valence-corrected chi connectivity index (χ0v) is 9.41. The van der Waals surface area contributed by atoms with Crippen LogP contribution in [0.2, 0.25) is 0 Å². The minimum atomic E-state index is 0.141. The molecule has 0 atom stereocenters. The number of rotatable bonds is 2. The van der Waals surface area contributed by atoms with Crippen LogP contribution in [-0.4, -0.2) is 5.54 Å². The molecule has 1 nitrogen and oxygen atoms in total. The fourth-order valence-electron chi connectivity index (χ4n) is 1.21. The van der Waals surface area contributed by atoms with E-state index < -0.39 is 0 Å². The molecule has 0 fully saturated rings. The van der Waals surface area contributed by atoms with Crippen molar-refractivity contribution in [3.05, 3.63) is 12.3 Å². The normalized spacial score (nSPS) is 12.8. The molecule has 12 heavy (non-hydrogen) atoms.